The van der Waals surface area contributed by atoms with Crippen molar-refractivity contribution in [1.29, 1.82) is 0 Å². The Morgan fingerprint density at radius 1 is 0.706 bits per heavy atom. The molecule has 2 heteroatoms. The number of hydrogen-bond acceptors (Lipinski definition) is 0. The molecule has 1 aliphatic heterocycles. The quantitative estimate of drug-likeness (QED) is 0.590. The van der Waals surface area contributed by atoms with Crippen molar-refractivity contribution in [3.63, 3.8) is 0 Å². The van der Waals surface area contributed by atoms with Crippen molar-refractivity contribution in [3.8, 4) is 0 Å². The van der Waals surface area contributed by atoms with Crippen molar-refractivity contribution in [2.45, 2.75) is 0 Å². The van der Waals surface area contributed by atoms with Gasteiger partial charge in [0.25, 0.3) is 0 Å². The third-order valence-corrected chi connectivity index (χ3v) is 5.03. The average molecular weight is 336 g/mol. The van der Waals surface area contributed by atoms with Gasteiger partial charge in [-0.3, -0.25) is 0 Å². The summed E-state index contributed by atoms with van der Waals surface area (Å²) in [5.41, 5.74) is 2.55. The molecule has 0 aromatic heterocycles. The molecule has 1 nitrogen and oxygen atoms in total. The third kappa shape index (κ3) is 2.34. The number of allylic oxidation sites excluding steroid dienone is 1. The van der Waals surface area contributed by atoms with Crippen molar-refractivity contribution in [3.05, 3.63) is 77.9 Å². The second kappa shape index (κ2) is 4.87. The summed E-state index contributed by atoms with van der Waals surface area (Å²) >= 11 is -0.402. The summed E-state index contributed by atoms with van der Waals surface area (Å²) in [4.78, 5) is 0. The van der Waals surface area contributed by atoms with Gasteiger partial charge in [-0.1, -0.05) is 0 Å². The van der Waals surface area contributed by atoms with E-state index in [0.29, 0.717) is 0 Å². The Morgan fingerprint density at radius 2 is 1.29 bits per heavy atom. The first-order chi connectivity index (χ1) is 8.43. The molecular weight excluding hydrogens is 324 g/mol. The first-order valence-corrected chi connectivity index (χ1v) is 7.72. The molecule has 0 amide bonds. The van der Waals surface area contributed by atoms with Crippen LogP contribution in [0.1, 0.15) is 11.1 Å². The van der Waals surface area contributed by atoms with Gasteiger partial charge in [0.05, 0.1) is 0 Å². The molecule has 3 rings (SSSR count). The summed E-state index contributed by atoms with van der Waals surface area (Å²) in [5, 5.41) is 0. The van der Waals surface area contributed by atoms with Crippen LogP contribution in [0.2, 0.25) is 0 Å². The van der Waals surface area contributed by atoms with Crippen LogP contribution >= 0.6 is 0 Å². The Bertz CT molecular complexity index is 570. The van der Waals surface area contributed by atoms with E-state index in [1.807, 2.05) is 6.07 Å². The van der Waals surface area contributed by atoms with Crippen LogP contribution in [0.5, 0.6) is 0 Å². The van der Waals surface area contributed by atoms with Gasteiger partial charge in [0.1, 0.15) is 0 Å². The summed E-state index contributed by atoms with van der Waals surface area (Å²) in [6.45, 7) is 0. The summed E-state index contributed by atoms with van der Waals surface area (Å²) in [7, 11) is 0. The van der Waals surface area contributed by atoms with Crippen LogP contribution in [0.4, 0.5) is 0 Å². The molecular formula is C15H12OTe+. The third-order valence-electron chi connectivity index (χ3n) is 2.64. The van der Waals surface area contributed by atoms with Gasteiger partial charge in [-0.2, -0.15) is 0 Å². The van der Waals surface area contributed by atoms with Gasteiger partial charge in [-0.25, -0.2) is 0 Å². The zero-order chi connectivity index (χ0) is 11.5. The molecule has 0 bridgehead atoms. The molecule has 1 aliphatic rings. The maximum absolute atomic E-state index is 4.72. The molecule has 0 aliphatic carbocycles. The molecule has 0 saturated carbocycles. The molecule has 2 aromatic rings. The normalized spacial score (nSPS) is 13.9. The summed E-state index contributed by atoms with van der Waals surface area (Å²) in [6, 6.07) is 21.0. The van der Waals surface area contributed by atoms with Crippen LogP contribution in [0, 0.1) is 0 Å². The molecule has 0 atom stereocenters. The van der Waals surface area contributed by atoms with Gasteiger partial charge in [-0.05, 0) is 0 Å². The molecule has 1 radical (unpaired) electrons. The maximum atomic E-state index is 4.72. The van der Waals surface area contributed by atoms with Crippen molar-refractivity contribution >= 4 is 30.2 Å². The Kier molecular flexibility index (Phi) is 3.09. The standard InChI is InChI=1S/C15H12OTe/c1-3-7-12(8-4-1)14-11-15(17-16-14)13-9-5-2-6-10-13/h1-11,16H/q+1. The SMILES string of the molecule is C1=C(c2ccccc2)[OH+][Te]=C1c1ccccc1. The van der Waals surface area contributed by atoms with Crippen molar-refractivity contribution in [2.75, 3.05) is 0 Å². The number of hydrogen-bond donors (Lipinski definition) is 0. The van der Waals surface area contributed by atoms with Crippen LogP contribution in [0.15, 0.2) is 66.7 Å². The molecule has 1 heterocycles. The predicted molar refractivity (Wildman–Crippen MR) is 72.9 cm³/mol. The van der Waals surface area contributed by atoms with Crippen molar-refractivity contribution in [1.82, 2.24) is 0 Å². The minimum atomic E-state index is -0.402. The van der Waals surface area contributed by atoms with Crippen molar-refractivity contribution < 1.29 is 3.10 Å². The number of rotatable bonds is 2. The Morgan fingerprint density at radius 3 is 1.94 bits per heavy atom. The Balaban J connectivity index is 1.91. The summed E-state index contributed by atoms with van der Waals surface area (Å²) in [6.07, 6.45) is 2.24. The fourth-order valence-electron chi connectivity index (χ4n) is 1.76. The van der Waals surface area contributed by atoms with E-state index in [0.717, 1.165) is 5.76 Å². The molecule has 1 N–H and O–H groups in total. The van der Waals surface area contributed by atoms with Gasteiger partial charge < -0.3 is 0 Å². The van der Waals surface area contributed by atoms with E-state index in [9.17, 15) is 0 Å². The number of aliphatic hydroxyl groups is 1. The van der Waals surface area contributed by atoms with Gasteiger partial charge in [-0.15, -0.1) is 0 Å². The first kappa shape index (κ1) is 10.8. The van der Waals surface area contributed by atoms with Crippen LogP contribution in [-0.2, 0) is 0 Å². The average Bonchev–Trinajstić information content (AvgIpc) is 2.90. The van der Waals surface area contributed by atoms with E-state index >= 15 is 0 Å². The van der Waals surface area contributed by atoms with E-state index in [1.165, 1.54) is 14.7 Å². The molecule has 0 spiro atoms. The minimum absolute atomic E-state index is 0.402. The van der Waals surface area contributed by atoms with Gasteiger partial charge in [0.2, 0.25) is 0 Å². The molecule has 0 fully saturated rings. The second-order valence-corrected chi connectivity index (χ2v) is 6.11. The van der Waals surface area contributed by atoms with Gasteiger partial charge in [0, 0.05) is 0 Å². The molecule has 2 aromatic carbocycles. The molecule has 0 saturated heterocycles. The topological polar surface area (TPSA) is 12.8 Å². The first-order valence-electron chi connectivity index (χ1n) is 5.51. The monoisotopic (exact) mass is 338 g/mol. The predicted octanol–water partition coefficient (Wildman–Crippen LogP) is 2.41. The Labute approximate surface area is 111 Å². The van der Waals surface area contributed by atoms with Gasteiger partial charge in [0.15, 0.2) is 0 Å². The fourth-order valence-corrected chi connectivity index (χ4v) is 3.93. The van der Waals surface area contributed by atoms with E-state index < -0.39 is 20.9 Å². The zero-order valence-electron chi connectivity index (χ0n) is 9.21. The van der Waals surface area contributed by atoms with Crippen LogP contribution in [-0.4, -0.2) is 27.5 Å². The summed E-state index contributed by atoms with van der Waals surface area (Å²) in [5.74, 6) is 1.15. The second-order valence-electron chi connectivity index (χ2n) is 3.81. The van der Waals surface area contributed by atoms with Gasteiger partial charge >= 0.3 is 111 Å². The summed E-state index contributed by atoms with van der Waals surface area (Å²) < 4.78 is 6.14. The molecule has 83 valence electrons. The van der Waals surface area contributed by atoms with Crippen molar-refractivity contribution in [2.24, 2.45) is 0 Å². The van der Waals surface area contributed by atoms with E-state index in [-0.39, 0.29) is 0 Å². The molecule has 17 heavy (non-hydrogen) atoms. The number of benzene rings is 2. The zero-order valence-corrected chi connectivity index (χ0v) is 11.5. The van der Waals surface area contributed by atoms with Crippen LogP contribution in [0.3, 0.4) is 0 Å². The van der Waals surface area contributed by atoms with E-state index in [1.54, 1.807) is 0 Å². The van der Waals surface area contributed by atoms with Crippen LogP contribution < -0.4 is 0 Å². The molecule has 0 unspecified atom stereocenters. The Hall–Kier alpha value is -1.36. The van der Waals surface area contributed by atoms with E-state index in [2.05, 4.69) is 60.7 Å². The van der Waals surface area contributed by atoms with E-state index in [4.69, 9.17) is 3.10 Å². The van der Waals surface area contributed by atoms with Crippen LogP contribution in [0.25, 0.3) is 5.76 Å². The fraction of sp³-hybridized carbons (Fsp3) is 0.